The van der Waals surface area contributed by atoms with Gasteiger partial charge in [-0.25, -0.2) is 4.39 Å². The molecule has 3 N–H and O–H groups in total. The average Bonchev–Trinajstić information content (AvgIpc) is 3.25. The largest absolute Gasteiger partial charge is 0.496 e. The number of aromatic nitrogens is 1. The van der Waals surface area contributed by atoms with Gasteiger partial charge in [-0.15, -0.1) is 0 Å². The third kappa shape index (κ3) is 4.68. The van der Waals surface area contributed by atoms with Gasteiger partial charge in [-0.3, -0.25) is 4.79 Å². The number of rotatable bonds is 8. The SMILES string of the molecule is COc1ccc(-c2ccc(OC)c(C(=O)N[C@@H](CO)Cc3c[nH]c4ccccc34)c2)cc1F. The number of hydrogen-bond donors (Lipinski definition) is 3. The van der Waals surface area contributed by atoms with Gasteiger partial charge in [0.15, 0.2) is 11.6 Å². The number of amides is 1. The predicted molar refractivity (Wildman–Crippen MR) is 125 cm³/mol. The van der Waals surface area contributed by atoms with Crippen molar-refractivity contribution in [1.29, 1.82) is 0 Å². The number of aliphatic hydroxyl groups excluding tert-OH is 1. The molecule has 4 rings (SSSR count). The minimum atomic E-state index is -0.497. The van der Waals surface area contributed by atoms with E-state index in [9.17, 15) is 14.3 Å². The lowest BCUT2D eigenvalue weighted by Crippen LogP contribution is -2.39. The van der Waals surface area contributed by atoms with Gasteiger partial charge >= 0.3 is 0 Å². The molecular weight excluding hydrogens is 423 g/mol. The number of aromatic amines is 1. The molecule has 0 saturated carbocycles. The zero-order valence-corrected chi connectivity index (χ0v) is 18.4. The van der Waals surface area contributed by atoms with Gasteiger partial charge in [-0.2, -0.15) is 0 Å². The fourth-order valence-corrected chi connectivity index (χ4v) is 3.90. The molecule has 0 spiro atoms. The van der Waals surface area contributed by atoms with Crippen molar-refractivity contribution in [2.45, 2.75) is 12.5 Å². The molecule has 0 fully saturated rings. The Morgan fingerprint density at radius 3 is 2.42 bits per heavy atom. The highest BCUT2D eigenvalue weighted by atomic mass is 19.1. The highest BCUT2D eigenvalue weighted by molar-refractivity contribution is 5.98. The highest BCUT2D eigenvalue weighted by Crippen LogP contribution is 2.30. The molecule has 6 nitrogen and oxygen atoms in total. The molecule has 0 saturated heterocycles. The van der Waals surface area contributed by atoms with Crippen LogP contribution in [-0.2, 0) is 6.42 Å². The van der Waals surface area contributed by atoms with Crippen LogP contribution in [0.15, 0.2) is 66.9 Å². The fourth-order valence-electron chi connectivity index (χ4n) is 3.90. The molecule has 0 radical (unpaired) electrons. The summed E-state index contributed by atoms with van der Waals surface area (Å²) in [5.41, 5.74) is 3.54. The standard InChI is InChI=1S/C26H25FN2O4/c1-32-24-9-7-16(17-8-10-25(33-2)22(27)13-17)12-21(24)26(31)29-19(15-30)11-18-14-28-23-6-4-3-5-20(18)23/h3-10,12-14,19,28,30H,11,15H2,1-2H3,(H,29,31)/t19-/m1/s1. The number of methoxy groups -OCH3 is 2. The normalized spacial score (nSPS) is 11.9. The molecule has 7 heteroatoms. The first-order valence-electron chi connectivity index (χ1n) is 10.5. The lowest BCUT2D eigenvalue weighted by atomic mass is 10.0. The topological polar surface area (TPSA) is 83.6 Å². The average molecular weight is 448 g/mol. The lowest BCUT2D eigenvalue weighted by molar-refractivity contribution is 0.0913. The number of carbonyl (C=O) groups excluding carboxylic acids is 1. The molecule has 170 valence electrons. The molecule has 0 aliphatic carbocycles. The van der Waals surface area contributed by atoms with Gasteiger partial charge in [0.1, 0.15) is 5.75 Å². The van der Waals surface area contributed by atoms with E-state index in [-0.39, 0.29) is 18.3 Å². The van der Waals surface area contributed by atoms with Crippen molar-refractivity contribution in [1.82, 2.24) is 10.3 Å². The van der Waals surface area contributed by atoms with Crippen LogP contribution in [0.5, 0.6) is 11.5 Å². The molecule has 0 aliphatic heterocycles. The van der Waals surface area contributed by atoms with Crippen molar-refractivity contribution in [3.8, 4) is 22.6 Å². The van der Waals surface area contributed by atoms with Crippen molar-refractivity contribution >= 4 is 16.8 Å². The first kappa shape index (κ1) is 22.4. The Bertz CT molecular complexity index is 1280. The molecule has 1 aromatic heterocycles. The van der Waals surface area contributed by atoms with Crippen LogP contribution in [0.2, 0.25) is 0 Å². The van der Waals surface area contributed by atoms with E-state index in [1.807, 2.05) is 30.5 Å². The summed E-state index contributed by atoms with van der Waals surface area (Å²) in [5, 5.41) is 13.9. The van der Waals surface area contributed by atoms with Gasteiger partial charge in [0, 0.05) is 17.1 Å². The van der Waals surface area contributed by atoms with Crippen LogP contribution in [0.1, 0.15) is 15.9 Å². The van der Waals surface area contributed by atoms with Crippen LogP contribution < -0.4 is 14.8 Å². The number of carbonyl (C=O) groups is 1. The van der Waals surface area contributed by atoms with Crippen LogP contribution in [0.3, 0.4) is 0 Å². The van der Waals surface area contributed by atoms with E-state index in [2.05, 4.69) is 10.3 Å². The van der Waals surface area contributed by atoms with E-state index in [1.165, 1.54) is 26.4 Å². The number of ether oxygens (including phenoxy) is 2. The highest BCUT2D eigenvalue weighted by Gasteiger charge is 2.19. The zero-order valence-electron chi connectivity index (χ0n) is 18.4. The summed E-state index contributed by atoms with van der Waals surface area (Å²) in [4.78, 5) is 16.3. The van der Waals surface area contributed by atoms with Crippen molar-refractivity contribution in [2.24, 2.45) is 0 Å². The second kappa shape index (κ2) is 9.75. The van der Waals surface area contributed by atoms with Gasteiger partial charge in [0.2, 0.25) is 0 Å². The number of aliphatic hydroxyl groups is 1. The number of hydrogen-bond acceptors (Lipinski definition) is 4. The number of halogens is 1. The molecule has 1 atom stereocenters. The summed E-state index contributed by atoms with van der Waals surface area (Å²) in [6.45, 7) is -0.225. The predicted octanol–water partition coefficient (Wildman–Crippen LogP) is 4.32. The number of nitrogens with one attached hydrogen (secondary N) is 2. The lowest BCUT2D eigenvalue weighted by Gasteiger charge is -2.18. The van der Waals surface area contributed by atoms with E-state index in [0.29, 0.717) is 28.9 Å². The number of H-pyrrole nitrogens is 1. The smallest absolute Gasteiger partial charge is 0.255 e. The van der Waals surface area contributed by atoms with Crippen LogP contribution in [0.25, 0.3) is 22.0 Å². The summed E-state index contributed by atoms with van der Waals surface area (Å²) >= 11 is 0. The molecule has 1 amide bonds. The second-order valence-electron chi connectivity index (χ2n) is 7.68. The molecule has 0 aliphatic rings. The Labute approximate surface area is 191 Å². The summed E-state index contributed by atoms with van der Waals surface area (Å²) < 4.78 is 24.5. The minimum absolute atomic E-state index is 0.147. The molecule has 33 heavy (non-hydrogen) atoms. The first-order chi connectivity index (χ1) is 16.0. The van der Waals surface area contributed by atoms with E-state index in [4.69, 9.17) is 9.47 Å². The van der Waals surface area contributed by atoms with E-state index < -0.39 is 11.9 Å². The Kier molecular flexibility index (Phi) is 6.60. The van der Waals surface area contributed by atoms with E-state index >= 15 is 0 Å². The minimum Gasteiger partial charge on any atom is -0.496 e. The van der Waals surface area contributed by atoms with Gasteiger partial charge < -0.3 is 24.9 Å². The maximum absolute atomic E-state index is 14.2. The van der Waals surface area contributed by atoms with Gasteiger partial charge in [0.25, 0.3) is 5.91 Å². The Hall–Kier alpha value is -3.84. The van der Waals surface area contributed by atoms with Crippen LogP contribution >= 0.6 is 0 Å². The summed E-state index contributed by atoms with van der Waals surface area (Å²) in [5.74, 6) is -0.347. The summed E-state index contributed by atoms with van der Waals surface area (Å²) in [6, 6.07) is 17.1. The van der Waals surface area contributed by atoms with Gasteiger partial charge in [0.05, 0.1) is 32.4 Å². The monoisotopic (exact) mass is 448 g/mol. The van der Waals surface area contributed by atoms with Crippen molar-refractivity contribution in [3.05, 3.63) is 83.8 Å². The van der Waals surface area contributed by atoms with E-state index in [0.717, 1.165) is 16.5 Å². The fraction of sp³-hybridized carbons (Fsp3) is 0.192. The van der Waals surface area contributed by atoms with Crippen LogP contribution in [0, 0.1) is 5.82 Å². The van der Waals surface area contributed by atoms with Crippen molar-refractivity contribution in [2.75, 3.05) is 20.8 Å². The number of para-hydroxylation sites is 1. The number of fused-ring (bicyclic) bond motifs is 1. The third-order valence-electron chi connectivity index (χ3n) is 5.63. The molecule has 4 aromatic rings. The van der Waals surface area contributed by atoms with Gasteiger partial charge in [-0.1, -0.05) is 30.3 Å². The second-order valence-corrected chi connectivity index (χ2v) is 7.68. The zero-order chi connectivity index (χ0) is 23.4. The quantitative estimate of drug-likeness (QED) is 0.375. The molecule has 0 bridgehead atoms. The summed E-state index contributed by atoms with van der Waals surface area (Å²) in [7, 11) is 2.88. The molecule has 0 unspecified atom stereocenters. The Morgan fingerprint density at radius 1 is 1.03 bits per heavy atom. The Balaban J connectivity index is 1.58. The Morgan fingerprint density at radius 2 is 1.73 bits per heavy atom. The van der Waals surface area contributed by atoms with Gasteiger partial charge in [-0.05, 0) is 53.4 Å². The molecular formula is C26H25FN2O4. The van der Waals surface area contributed by atoms with E-state index in [1.54, 1.807) is 24.3 Å². The number of benzene rings is 3. The van der Waals surface area contributed by atoms with Crippen LogP contribution in [0.4, 0.5) is 4.39 Å². The first-order valence-corrected chi connectivity index (χ1v) is 10.5. The molecule has 3 aromatic carbocycles. The van der Waals surface area contributed by atoms with Crippen molar-refractivity contribution < 1.29 is 23.8 Å². The van der Waals surface area contributed by atoms with Crippen LogP contribution in [-0.4, -0.2) is 42.9 Å². The summed E-state index contributed by atoms with van der Waals surface area (Å²) in [6.07, 6.45) is 2.34. The maximum Gasteiger partial charge on any atom is 0.255 e. The van der Waals surface area contributed by atoms with Crippen molar-refractivity contribution in [3.63, 3.8) is 0 Å². The maximum atomic E-state index is 14.2. The third-order valence-corrected chi connectivity index (χ3v) is 5.63. The molecule has 1 heterocycles.